The molecule has 3 rings (SSSR count). The second-order valence-corrected chi connectivity index (χ2v) is 8.57. The summed E-state index contributed by atoms with van der Waals surface area (Å²) >= 11 is 6.58. The highest BCUT2D eigenvalue weighted by molar-refractivity contribution is 14.0. The number of nitrogens with one attached hydrogen (secondary N) is 1. The van der Waals surface area contributed by atoms with Gasteiger partial charge in [0.2, 0.25) is 5.91 Å². The number of aliphatic imine (C=N–C) groups is 1. The van der Waals surface area contributed by atoms with Crippen molar-refractivity contribution in [1.29, 1.82) is 0 Å². The summed E-state index contributed by atoms with van der Waals surface area (Å²) < 4.78 is 5.65. The topological polar surface area (TPSA) is 80.0 Å². The van der Waals surface area contributed by atoms with E-state index in [-0.39, 0.29) is 35.3 Å². The molecule has 1 aromatic rings. The first kappa shape index (κ1) is 25.2. The average molecular weight is 549 g/mol. The molecule has 0 aliphatic carbocycles. The number of benzene rings is 1. The molecule has 1 aromatic carbocycles. The second-order valence-electron chi connectivity index (χ2n) is 8.17. The molecule has 0 spiro atoms. The molecular formula is C22H34ClIN4O2. The van der Waals surface area contributed by atoms with Crippen molar-refractivity contribution in [2.45, 2.75) is 44.4 Å². The number of carbonyl (C=O) groups is 1. The highest BCUT2D eigenvalue weighted by atomic mass is 127. The third kappa shape index (κ3) is 6.47. The molecule has 0 radical (unpaired) electrons. The first-order valence-electron chi connectivity index (χ1n) is 10.7. The van der Waals surface area contributed by atoms with Crippen molar-refractivity contribution in [1.82, 2.24) is 10.2 Å². The van der Waals surface area contributed by atoms with E-state index in [0.29, 0.717) is 18.9 Å². The van der Waals surface area contributed by atoms with Gasteiger partial charge in [0.1, 0.15) is 0 Å². The van der Waals surface area contributed by atoms with Crippen LogP contribution in [0.5, 0.6) is 0 Å². The van der Waals surface area contributed by atoms with Crippen molar-refractivity contribution in [3.8, 4) is 0 Å². The fraction of sp³-hybridized carbons (Fsp3) is 0.636. The van der Waals surface area contributed by atoms with E-state index in [0.717, 1.165) is 75.1 Å². The molecule has 2 heterocycles. The third-order valence-electron chi connectivity index (χ3n) is 6.07. The summed E-state index contributed by atoms with van der Waals surface area (Å²) in [6, 6.07) is 8.10. The van der Waals surface area contributed by atoms with Gasteiger partial charge in [-0.2, -0.15) is 0 Å². The first-order chi connectivity index (χ1) is 14.0. The number of ether oxygens (including phenoxy) is 1. The normalized spacial score (nSPS) is 21.6. The minimum atomic E-state index is -0.223. The zero-order valence-electron chi connectivity index (χ0n) is 17.7. The molecule has 1 unspecified atom stereocenters. The zero-order chi connectivity index (χ0) is 20.7. The van der Waals surface area contributed by atoms with Crippen LogP contribution in [0.2, 0.25) is 5.02 Å². The lowest BCUT2D eigenvalue weighted by Crippen LogP contribution is -2.48. The Morgan fingerprint density at radius 3 is 2.77 bits per heavy atom. The number of nitrogens with zero attached hydrogens (tertiary/aromatic N) is 2. The number of primary amides is 1. The van der Waals surface area contributed by atoms with E-state index in [1.54, 1.807) is 0 Å². The van der Waals surface area contributed by atoms with Gasteiger partial charge in [0.15, 0.2) is 5.96 Å². The lowest BCUT2D eigenvalue weighted by molar-refractivity contribution is -0.119. The number of hydrogen-bond donors (Lipinski definition) is 2. The maximum absolute atomic E-state index is 11.4. The summed E-state index contributed by atoms with van der Waals surface area (Å²) in [5.74, 6) is 0.990. The van der Waals surface area contributed by atoms with Crippen LogP contribution >= 0.6 is 35.6 Å². The fourth-order valence-corrected chi connectivity index (χ4v) is 4.86. The Morgan fingerprint density at radius 2 is 2.10 bits per heavy atom. The van der Waals surface area contributed by atoms with Crippen molar-refractivity contribution in [2.24, 2.45) is 16.6 Å². The van der Waals surface area contributed by atoms with E-state index in [1.807, 2.05) is 18.2 Å². The van der Waals surface area contributed by atoms with E-state index in [2.05, 4.69) is 23.2 Å². The van der Waals surface area contributed by atoms with E-state index in [4.69, 9.17) is 27.1 Å². The van der Waals surface area contributed by atoms with Gasteiger partial charge < -0.3 is 20.7 Å². The van der Waals surface area contributed by atoms with Crippen LogP contribution in [0, 0.1) is 5.92 Å². The Balaban J connectivity index is 0.00000320. The molecule has 2 saturated heterocycles. The van der Waals surface area contributed by atoms with Gasteiger partial charge in [-0.3, -0.25) is 9.79 Å². The fourth-order valence-electron chi connectivity index (χ4n) is 4.53. The Bertz CT molecular complexity index is 725. The summed E-state index contributed by atoms with van der Waals surface area (Å²) in [5, 5.41) is 4.24. The van der Waals surface area contributed by atoms with E-state index >= 15 is 0 Å². The first-order valence-corrected chi connectivity index (χ1v) is 11.1. The Morgan fingerprint density at radius 1 is 1.37 bits per heavy atom. The summed E-state index contributed by atoms with van der Waals surface area (Å²) in [6.07, 6.45) is 4.34. The van der Waals surface area contributed by atoms with Gasteiger partial charge >= 0.3 is 0 Å². The number of likely N-dealkylation sites (tertiary alicyclic amines) is 1. The van der Waals surface area contributed by atoms with Crippen molar-refractivity contribution in [3.05, 3.63) is 34.9 Å². The molecule has 1 atom stereocenters. The van der Waals surface area contributed by atoms with E-state index in [9.17, 15) is 4.79 Å². The van der Waals surface area contributed by atoms with Gasteiger partial charge in [-0.1, -0.05) is 29.8 Å². The molecule has 1 amide bonds. The number of hydrogen-bond acceptors (Lipinski definition) is 3. The molecular weight excluding hydrogens is 515 g/mol. The molecule has 30 heavy (non-hydrogen) atoms. The van der Waals surface area contributed by atoms with Crippen LogP contribution in [-0.2, 0) is 14.9 Å². The van der Waals surface area contributed by atoms with Crippen LogP contribution in [0.4, 0.5) is 0 Å². The quantitative estimate of drug-likeness (QED) is 0.324. The van der Waals surface area contributed by atoms with Crippen LogP contribution < -0.4 is 11.1 Å². The molecule has 2 aliphatic rings. The van der Waals surface area contributed by atoms with Gasteiger partial charge in [-0.15, -0.1) is 24.0 Å². The number of rotatable bonds is 6. The Kier molecular flexibility index (Phi) is 10.2. The molecule has 2 fully saturated rings. The Labute approximate surface area is 202 Å². The van der Waals surface area contributed by atoms with Crippen molar-refractivity contribution < 1.29 is 9.53 Å². The number of carbonyl (C=O) groups excluding carboxylic acids is 1. The predicted molar refractivity (Wildman–Crippen MR) is 133 cm³/mol. The van der Waals surface area contributed by atoms with E-state index in [1.165, 1.54) is 0 Å². The number of amides is 1. The van der Waals surface area contributed by atoms with Gasteiger partial charge in [-0.25, -0.2) is 0 Å². The number of guanidine groups is 1. The van der Waals surface area contributed by atoms with Crippen LogP contribution in [0.25, 0.3) is 0 Å². The van der Waals surface area contributed by atoms with Crippen LogP contribution in [-0.4, -0.2) is 56.2 Å². The number of nitrogens with two attached hydrogens (primary N) is 1. The minimum absolute atomic E-state index is 0. The monoisotopic (exact) mass is 548 g/mol. The lowest BCUT2D eigenvalue weighted by Gasteiger charge is -2.38. The average Bonchev–Trinajstić information content (AvgIpc) is 2.72. The number of piperidine rings is 1. The molecule has 2 aliphatic heterocycles. The molecule has 168 valence electrons. The molecule has 6 nitrogen and oxygen atoms in total. The lowest BCUT2D eigenvalue weighted by atomic mass is 9.74. The van der Waals surface area contributed by atoms with Gasteiger partial charge in [0.05, 0.1) is 6.54 Å². The van der Waals surface area contributed by atoms with Crippen LogP contribution in [0.15, 0.2) is 29.3 Å². The smallest absolute Gasteiger partial charge is 0.217 e. The summed E-state index contributed by atoms with van der Waals surface area (Å²) in [4.78, 5) is 18.7. The Hall–Kier alpha value is -1.06. The van der Waals surface area contributed by atoms with Crippen molar-refractivity contribution in [2.75, 3.05) is 39.4 Å². The standard InChI is InChI=1S/C22H33ClN4O2.HI/c1-2-25-21(27-11-5-6-17(15-27)14-20(24)28)26-16-22(9-12-29-13-10-22)18-7-3-4-8-19(18)23;/h3-4,7-8,17H,2,5-6,9-16H2,1H3,(H2,24,28)(H,25,26);1H. The molecule has 0 aromatic heterocycles. The summed E-state index contributed by atoms with van der Waals surface area (Å²) in [5.41, 5.74) is 6.48. The molecule has 8 heteroatoms. The SMILES string of the molecule is CCNC(=NCC1(c2ccccc2Cl)CCOCC1)N1CCCC(CC(N)=O)C1.I. The van der Waals surface area contributed by atoms with Crippen molar-refractivity contribution in [3.63, 3.8) is 0 Å². The maximum Gasteiger partial charge on any atom is 0.217 e. The summed E-state index contributed by atoms with van der Waals surface area (Å²) in [6.45, 7) is 6.76. The van der Waals surface area contributed by atoms with Crippen LogP contribution in [0.1, 0.15) is 44.6 Å². The highest BCUT2D eigenvalue weighted by Crippen LogP contribution is 2.39. The van der Waals surface area contributed by atoms with Gasteiger partial charge in [0.25, 0.3) is 0 Å². The largest absolute Gasteiger partial charge is 0.381 e. The molecule has 0 bridgehead atoms. The van der Waals surface area contributed by atoms with E-state index < -0.39 is 0 Å². The van der Waals surface area contributed by atoms with Gasteiger partial charge in [0, 0.05) is 49.7 Å². The molecule has 3 N–H and O–H groups in total. The van der Waals surface area contributed by atoms with Gasteiger partial charge in [-0.05, 0) is 50.2 Å². The second kappa shape index (κ2) is 12.1. The predicted octanol–water partition coefficient (Wildman–Crippen LogP) is 3.56. The highest BCUT2D eigenvalue weighted by Gasteiger charge is 2.36. The zero-order valence-corrected chi connectivity index (χ0v) is 20.8. The summed E-state index contributed by atoms with van der Waals surface area (Å²) in [7, 11) is 0. The maximum atomic E-state index is 11.4. The third-order valence-corrected chi connectivity index (χ3v) is 6.40. The minimum Gasteiger partial charge on any atom is -0.381 e. The van der Waals surface area contributed by atoms with Crippen LogP contribution in [0.3, 0.4) is 0 Å². The molecule has 0 saturated carbocycles. The number of halogens is 2. The van der Waals surface area contributed by atoms with Crippen molar-refractivity contribution >= 4 is 47.4 Å².